The SMILES string of the molecule is COc1cc(CCC(=O)NC2CCNCC2C)cc(OC)c1OC. The van der Waals surface area contributed by atoms with E-state index in [-0.39, 0.29) is 11.9 Å². The summed E-state index contributed by atoms with van der Waals surface area (Å²) in [4.78, 5) is 12.2. The molecule has 2 atom stereocenters. The summed E-state index contributed by atoms with van der Waals surface area (Å²) in [6, 6.07) is 4.04. The summed E-state index contributed by atoms with van der Waals surface area (Å²) < 4.78 is 16.0. The van der Waals surface area contributed by atoms with Gasteiger partial charge in [-0.05, 0) is 49.5 Å². The number of amides is 1. The molecule has 1 aromatic rings. The molecule has 2 rings (SSSR count). The van der Waals surface area contributed by atoms with E-state index in [2.05, 4.69) is 17.6 Å². The quantitative estimate of drug-likeness (QED) is 0.794. The Morgan fingerprint density at radius 3 is 2.42 bits per heavy atom. The zero-order valence-corrected chi connectivity index (χ0v) is 15.0. The van der Waals surface area contributed by atoms with Gasteiger partial charge in [0.05, 0.1) is 21.3 Å². The van der Waals surface area contributed by atoms with Crippen LogP contribution in [0.25, 0.3) is 0 Å². The molecule has 1 amide bonds. The van der Waals surface area contributed by atoms with Gasteiger partial charge in [0.15, 0.2) is 11.5 Å². The molecule has 24 heavy (non-hydrogen) atoms. The van der Waals surface area contributed by atoms with Crippen LogP contribution in [-0.4, -0.2) is 46.4 Å². The smallest absolute Gasteiger partial charge is 0.220 e. The zero-order chi connectivity index (χ0) is 17.5. The molecule has 0 bridgehead atoms. The second kappa shape index (κ2) is 8.78. The molecule has 0 aromatic heterocycles. The highest BCUT2D eigenvalue weighted by Gasteiger charge is 2.22. The molecule has 0 spiro atoms. The second-order valence-electron chi connectivity index (χ2n) is 6.18. The monoisotopic (exact) mass is 336 g/mol. The van der Waals surface area contributed by atoms with E-state index in [0.717, 1.165) is 25.1 Å². The van der Waals surface area contributed by atoms with Gasteiger partial charge < -0.3 is 24.8 Å². The fraction of sp³-hybridized carbons (Fsp3) is 0.611. The van der Waals surface area contributed by atoms with Gasteiger partial charge in [0.1, 0.15) is 0 Å². The van der Waals surface area contributed by atoms with Crippen LogP contribution in [0, 0.1) is 5.92 Å². The van der Waals surface area contributed by atoms with Crippen LogP contribution in [0.2, 0.25) is 0 Å². The van der Waals surface area contributed by atoms with Crippen molar-refractivity contribution in [2.45, 2.75) is 32.2 Å². The third-order valence-corrected chi connectivity index (χ3v) is 4.50. The van der Waals surface area contributed by atoms with Crippen molar-refractivity contribution in [2.75, 3.05) is 34.4 Å². The summed E-state index contributed by atoms with van der Waals surface area (Å²) >= 11 is 0. The summed E-state index contributed by atoms with van der Waals surface area (Å²) in [5.74, 6) is 2.33. The van der Waals surface area contributed by atoms with Crippen molar-refractivity contribution >= 4 is 5.91 Å². The van der Waals surface area contributed by atoms with Crippen molar-refractivity contribution in [1.29, 1.82) is 0 Å². The molecule has 134 valence electrons. The molecule has 0 saturated carbocycles. The van der Waals surface area contributed by atoms with Crippen LogP contribution < -0.4 is 24.8 Å². The lowest BCUT2D eigenvalue weighted by molar-refractivity contribution is -0.122. The average Bonchev–Trinajstić information content (AvgIpc) is 2.60. The summed E-state index contributed by atoms with van der Waals surface area (Å²) in [6.45, 7) is 4.08. The topological polar surface area (TPSA) is 68.8 Å². The zero-order valence-electron chi connectivity index (χ0n) is 15.0. The number of piperidine rings is 1. The van der Waals surface area contributed by atoms with Crippen molar-refractivity contribution < 1.29 is 19.0 Å². The lowest BCUT2D eigenvalue weighted by atomic mass is 9.95. The first-order valence-corrected chi connectivity index (χ1v) is 8.38. The number of hydrogen-bond donors (Lipinski definition) is 2. The molecule has 6 heteroatoms. The van der Waals surface area contributed by atoms with Gasteiger partial charge in [0.25, 0.3) is 0 Å². The average molecular weight is 336 g/mol. The lowest BCUT2D eigenvalue weighted by Crippen LogP contribution is -2.48. The molecule has 1 aliphatic heterocycles. The Morgan fingerprint density at radius 2 is 1.88 bits per heavy atom. The van der Waals surface area contributed by atoms with E-state index in [4.69, 9.17) is 14.2 Å². The van der Waals surface area contributed by atoms with Gasteiger partial charge in [-0.3, -0.25) is 4.79 Å². The number of rotatable bonds is 7. The van der Waals surface area contributed by atoms with E-state index < -0.39 is 0 Å². The predicted molar refractivity (Wildman–Crippen MR) is 93.0 cm³/mol. The fourth-order valence-corrected chi connectivity index (χ4v) is 3.05. The Morgan fingerprint density at radius 1 is 1.21 bits per heavy atom. The maximum atomic E-state index is 12.2. The molecule has 2 unspecified atom stereocenters. The standard InChI is InChI=1S/C18H28N2O4/c1-12-11-19-8-7-14(12)20-17(21)6-5-13-9-15(22-2)18(24-4)16(10-13)23-3/h9-10,12,14,19H,5-8,11H2,1-4H3,(H,20,21). The first-order valence-electron chi connectivity index (χ1n) is 8.38. The van der Waals surface area contributed by atoms with Gasteiger partial charge >= 0.3 is 0 Å². The van der Waals surface area contributed by atoms with Crippen LogP contribution in [0.1, 0.15) is 25.3 Å². The van der Waals surface area contributed by atoms with Crippen LogP contribution >= 0.6 is 0 Å². The van der Waals surface area contributed by atoms with Gasteiger partial charge in [0, 0.05) is 12.5 Å². The van der Waals surface area contributed by atoms with Crippen LogP contribution in [0.15, 0.2) is 12.1 Å². The summed E-state index contributed by atoms with van der Waals surface area (Å²) in [5, 5.41) is 6.49. The maximum Gasteiger partial charge on any atom is 0.220 e. The molecule has 1 saturated heterocycles. The fourth-order valence-electron chi connectivity index (χ4n) is 3.05. The van der Waals surface area contributed by atoms with E-state index in [1.54, 1.807) is 21.3 Å². The summed E-state index contributed by atoms with van der Waals surface area (Å²) in [7, 11) is 4.76. The van der Waals surface area contributed by atoms with Crippen molar-refractivity contribution in [3.63, 3.8) is 0 Å². The number of ether oxygens (including phenoxy) is 3. The minimum Gasteiger partial charge on any atom is -0.493 e. The maximum absolute atomic E-state index is 12.2. The Labute approximate surface area is 143 Å². The summed E-state index contributed by atoms with van der Waals surface area (Å²) in [5.41, 5.74) is 0.984. The molecule has 1 aliphatic rings. The molecular weight excluding hydrogens is 308 g/mol. The summed E-state index contributed by atoms with van der Waals surface area (Å²) in [6.07, 6.45) is 2.05. The highest BCUT2D eigenvalue weighted by molar-refractivity contribution is 5.76. The van der Waals surface area contributed by atoms with Crippen LogP contribution in [-0.2, 0) is 11.2 Å². The van der Waals surface area contributed by atoms with Crippen LogP contribution in [0.5, 0.6) is 17.2 Å². The minimum absolute atomic E-state index is 0.0856. The van der Waals surface area contributed by atoms with E-state index in [9.17, 15) is 4.79 Å². The van der Waals surface area contributed by atoms with Gasteiger partial charge in [-0.15, -0.1) is 0 Å². The van der Waals surface area contributed by atoms with E-state index in [1.165, 1.54) is 0 Å². The molecule has 1 fully saturated rings. The first-order chi connectivity index (χ1) is 11.6. The number of nitrogens with one attached hydrogen (secondary N) is 2. The van der Waals surface area contributed by atoms with Crippen molar-refractivity contribution in [1.82, 2.24) is 10.6 Å². The molecule has 2 N–H and O–H groups in total. The van der Waals surface area contributed by atoms with Crippen LogP contribution in [0.3, 0.4) is 0 Å². The second-order valence-corrected chi connectivity index (χ2v) is 6.18. The normalized spacial score (nSPS) is 20.3. The van der Waals surface area contributed by atoms with Gasteiger partial charge in [0.2, 0.25) is 11.7 Å². The third kappa shape index (κ3) is 4.54. The van der Waals surface area contributed by atoms with Crippen molar-refractivity contribution in [3.8, 4) is 17.2 Å². The van der Waals surface area contributed by atoms with E-state index >= 15 is 0 Å². The molecule has 1 heterocycles. The van der Waals surface area contributed by atoms with Crippen LogP contribution in [0.4, 0.5) is 0 Å². The molecular formula is C18H28N2O4. The van der Waals surface area contributed by atoms with E-state index in [0.29, 0.717) is 36.0 Å². The number of benzene rings is 1. The number of carbonyl (C=O) groups excluding carboxylic acids is 1. The Bertz CT molecular complexity index is 537. The van der Waals surface area contributed by atoms with Crippen molar-refractivity contribution in [3.05, 3.63) is 17.7 Å². The molecule has 6 nitrogen and oxygen atoms in total. The number of methoxy groups -OCH3 is 3. The van der Waals surface area contributed by atoms with Gasteiger partial charge in [-0.2, -0.15) is 0 Å². The molecule has 1 aromatic carbocycles. The highest BCUT2D eigenvalue weighted by Crippen LogP contribution is 2.38. The van der Waals surface area contributed by atoms with Gasteiger partial charge in [-0.25, -0.2) is 0 Å². The Hall–Kier alpha value is -1.95. The Balaban J connectivity index is 1.97. The van der Waals surface area contributed by atoms with Crippen molar-refractivity contribution in [2.24, 2.45) is 5.92 Å². The lowest BCUT2D eigenvalue weighted by Gasteiger charge is -2.30. The highest BCUT2D eigenvalue weighted by atomic mass is 16.5. The molecule has 0 aliphatic carbocycles. The van der Waals surface area contributed by atoms with Gasteiger partial charge in [-0.1, -0.05) is 6.92 Å². The third-order valence-electron chi connectivity index (χ3n) is 4.50. The molecule has 0 radical (unpaired) electrons. The first kappa shape index (κ1) is 18.4. The number of aryl methyl sites for hydroxylation is 1. The predicted octanol–water partition coefficient (Wildman–Crippen LogP) is 1.76. The minimum atomic E-state index is 0.0856. The Kier molecular flexibility index (Phi) is 6.73. The largest absolute Gasteiger partial charge is 0.493 e. The number of carbonyl (C=O) groups is 1. The van der Waals surface area contributed by atoms with E-state index in [1.807, 2.05) is 12.1 Å². The number of hydrogen-bond acceptors (Lipinski definition) is 5.